The van der Waals surface area contributed by atoms with E-state index in [1.165, 1.54) is 11.1 Å². The number of benzene rings is 2. The second-order valence-corrected chi connectivity index (χ2v) is 5.94. The first kappa shape index (κ1) is 13.9. The molecule has 0 saturated carbocycles. The van der Waals surface area contributed by atoms with Crippen LogP contribution in [0.5, 0.6) is 0 Å². The molecule has 0 bridgehead atoms. The second-order valence-electron chi connectivity index (χ2n) is 5.02. The van der Waals surface area contributed by atoms with Gasteiger partial charge in [0, 0.05) is 35.5 Å². The lowest BCUT2D eigenvalue weighted by Gasteiger charge is -2.09. The number of nitrogen functional groups attached to an aromatic ring is 1. The van der Waals surface area contributed by atoms with Gasteiger partial charge in [0.15, 0.2) is 0 Å². The first-order valence-electron chi connectivity index (χ1n) is 6.79. The molecule has 0 aliphatic rings. The Labute approximate surface area is 132 Å². The third-order valence-electron chi connectivity index (χ3n) is 3.36. The second kappa shape index (κ2) is 6.14. The molecule has 0 spiro atoms. The highest BCUT2D eigenvalue weighted by Gasteiger charge is 2.05. The Morgan fingerprint density at radius 2 is 1.86 bits per heavy atom. The molecule has 0 fully saturated rings. The van der Waals surface area contributed by atoms with E-state index in [2.05, 4.69) is 43.7 Å². The highest BCUT2D eigenvalue weighted by Crippen LogP contribution is 2.15. The van der Waals surface area contributed by atoms with Gasteiger partial charge in [0.25, 0.3) is 0 Å². The van der Waals surface area contributed by atoms with Crippen molar-refractivity contribution >= 4 is 21.6 Å². The van der Waals surface area contributed by atoms with E-state index < -0.39 is 0 Å². The smallest absolute Gasteiger partial charge is 0.113 e. The van der Waals surface area contributed by atoms with Crippen molar-refractivity contribution in [3.63, 3.8) is 0 Å². The van der Waals surface area contributed by atoms with Crippen molar-refractivity contribution < 1.29 is 0 Å². The van der Waals surface area contributed by atoms with E-state index >= 15 is 0 Å². The summed E-state index contributed by atoms with van der Waals surface area (Å²) in [7, 11) is 0. The molecular formula is C17H16BrN3. The number of rotatable bonds is 4. The van der Waals surface area contributed by atoms with Gasteiger partial charge in [-0.3, -0.25) is 0 Å². The first-order valence-corrected chi connectivity index (χ1v) is 7.59. The normalized spacial score (nSPS) is 10.7. The van der Waals surface area contributed by atoms with Crippen LogP contribution < -0.4 is 5.73 Å². The Balaban J connectivity index is 1.81. The maximum absolute atomic E-state index is 5.83. The summed E-state index contributed by atoms with van der Waals surface area (Å²) < 4.78 is 3.27. The van der Waals surface area contributed by atoms with Crippen LogP contribution in [0.3, 0.4) is 0 Å². The third-order valence-corrected chi connectivity index (χ3v) is 3.85. The molecule has 0 atom stereocenters. The van der Waals surface area contributed by atoms with E-state index in [0.717, 1.165) is 29.0 Å². The fourth-order valence-electron chi connectivity index (χ4n) is 2.37. The van der Waals surface area contributed by atoms with Gasteiger partial charge in [0.1, 0.15) is 5.82 Å². The first-order chi connectivity index (χ1) is 10.2. The van der Waals surface area contributed by atoms with Gasteiger partial charge < -0.3 is 10.3 Å². The Bertz CT molecular complexity index is 687. The molecule has 0 aliphatic carbocycles. The number of hydrogen-bond donors (Lipinski definition) is 1. The van der Waals surface area contributed by atoms with Crippen LogP contribution in [-0.2, 0) is 13.0 Å². The van der Waals surface area contributed by atoms with Gasteiger partial charge >= 0.3 is 0 Å². The molecule has 1 aromatic heterocycles. The predicted octanol–water partition coefficient (Wildman–Crippen LogP) is 3.87. The fourth-order valence-corrected chi connectivity index (χ4v) is 2.82. The van der Waals surface area contributed by atoms with E-state index in [1.54, 1.807) is 0 Å². The summed E-state index contributed by atoms with van der Waals surface area (Å²) in [5.74, 6) is 1.04. The average Bonchev–Trinajstić information content (AvgIpc) is 2.86. The number of aromatic nitrogens is 2. The van der Waals surface area contributed by atoms with Crippen LogP contribution in [0.2, 0.25) is 0 Å². The van der Waals surface area contributed by atoms with Gasteiger partial charge in [-0.2, -0.15) is 0 Å². The van der Waals surface area contributed by atoms with E-state index in [4.69, 9.17) is 5.73 Å². The molecule has 3 rings (SSSR count). The van der Waals surface area contributed by atoms with Crippen LogP contribution in [0.4, 0.5) is 5.69 Å². The number of imidazole rings is 1. The van der Waals surface area contributed by atoms with Gasteiger partial charge in [-0.25, -0.2) is 4.98 Å². The van der Waals surface area contributed by atoms with Gasteiger partial charge in [0.05, 0.1) is 0 Å². The molecule has 106 valence electrons. The minimum absolute atomic E-state index is 0.784. The molecule has 2 aromatic carbocycles. The zero-order valence-corrected chi connectivity index (χ0v) is 13.1. The van der Waals surface area contributed by atoms with Crippen molar-refractivity contribution in [3.05, 3.63) is 82.3 Å². The zero-order chi connectivity index (χ0) is 14.7. The Kier molecular flexibility index (Phi) is 4.06. The molecule has 3 nitrogen and oxygen atoms in total. The SMILES string of the molecule is Nc1cccc(Cc2nccn2Cc2cccc(Br)c2)c1. The van der Waals surface area contributed by atoms with Gasteiger partial charge in [0.2, 0.25) is 0 Å². The van der Waals surface area contributed by atoms with Crippen molar-refractivity contribution in [2.75, 3.05) is 5.73 Å². The lowest BCUT2D eigenvalue weighted by molar-refractivity contribution is 0.740. The summed E-state index contributed by atoms with van der Waals surface area (Å²) >= 11 is 3.51. The zero-order valence-electron chi connectivity index (χ0n) is 11.5. The number of nitrogens with zero attached hydrogens (tertiary/aromatic N) is 2. The topological polar surface area (TPSA) is 43.8 Å². The minimum atomic E-state index is 0.784. The standard InChI is InChI=1S/C17H16BrN3/c18-15-5-1-4-14(9-15)12-21-8-7-20-17(21)11-13-3-2-6-16(19)10-13/h1-10H,11-12,19H2. The lowest BCUT2D eigenvalue weighted by atomic mass is 10.1. The summed E-state index contributed by atoms with van der Waals surface area (Å²) in [6.45, 7) is 0.817. The molecule has 21 heavy (non-hydrogen) atoms. The third kappa shape index (κ3) is 3.52. The van der Waals surface area contributed by atoms with Crippen molar-refractivity contribution in [3.8, 4) is 0 Å². The monoisotopic (exact) mass is 341 g/mol. The number of nitrogens with two attached hydrogens (primary N) is 1. The summed E-state index contributed by atoms with van der Waals surface area (Å²) in [6.07, 6.45) is 4.65. The summed E-state index contributed by atoms with van der Waals surface area (Å²) in [5, 5.41) is 0. The van der Waals surface area contributed by atoms with E-state index in [1.807, 2.05) is 42.7 Å². The number of hydrogen-bond acceptors (Lipinski definition) is 2. The predicted molar refractivity (Wildman–Crippen MR) is 89.1 cm³/mol. The van der Waals surface area contributed by atoms with Gasteiger partial charge in [-0.15, -0.1) is 0 Å². The van der Waals surface area contributed by atoms with E-state index in [9.17, 15) is 0 Å². The summed E-state index contributed by atoms with van der Waals surface area (Å²) in [5.41, 5.74) is 9.05. The molecule has 0 radical (unpaired) electrons. The van der Waals surface area contributed by atoms with Crippen molar-refractivity contribution in [1.29, 1.82) is 0 Å². The van der Waals surface area contributed by atoms with Crippen LogP contribution in [0.25, 0.3) is 0 Å². The highest BCUT2D eigenvalue weighted by molar-refractivity contribution is 9.10. The summed E-state index contributed by atoms with van der Waals surface area (Å²) in [4.78, 5) is 4.47. The van der Waals surface area contributed by atoms with Crippen molar-refractivity contribution in [1.82, 2.24) is 9.55 Å². The molecule has 3 aromatic rings. The molecular weight excluding hydrogens is 326 g/mol. The quantitative estimate of drug-likeness (QED) is 0.732. The molecule has 0 unspecified atom stereocenters. The number of halogens is 1. The molecule has 4 heteroatoms. The summed E-state index contributed by atoms with van der Waals surface area (Å²) in [6, 6.07) is 16.3. The van der Waals surface area contributed by atoms with Gasteiger partial charge in [-0.05, 0) is 35.4 Å². The van der Waals surface area contributed by atoms with Crippen LogP contribution in [-0.4, -0.2) is 9.55 Å². The molecule has 2 N–H and O–H groups in total. The molecule has 0 amide bonds. The maximum Gasteiger partial charge on any atom is 0.113 e. The molecule has 0 saturated heterocycles. The Morgan fingerprint density at radius 3 is 2.67 bits per heavy atom. The Hall–Kier alpha value is -2.07. The highest BCUT2D eigenvalue weighted by atomic mass is 79.9. The maximum atomic E-state index is 5.83. The average molecular weight is 342 g/mol. The largest absolute Gasteiger partial charge is 0.399 e. The Morgan fingerprint density at radius 1 is 1.05 bits per heavy atom. The van der Waals surface area contributed by atoms with Gasteiger partial charge in [-0.1, -0.05) is 40.2 Å². The van der Waals surface area contributed by atoms with Crippen LogP contribution in [0.1, 0.15) is 17.0 Å². The van der Waals surface area contributed by atoms with Crippen molar-refractivity contribution in [2.45, 2.75) is 13.0 Å². The van der Waals surface area contributed by atoms with E-state index in [0.29, 0.717) is 0 Å². The lowest BCUT2D eigenvalue weighted by Crippen LogP contribution is -2.05. The van der Waals surface area contributed by atoms with Crippen LogP contribution in [0.15, 0.2) is 65.4 Å². The fraction of sp³-hybridized carbons (Fsp3) is 0.118. The molecule has 0 aliphatic heterocycles. The number of anilines is 1. The van der Waals surface area contributed by atoms with Crippen LogP contribution >= 0.6 is 15.9 Å². The van der Waals surface area contributed by atoms with Crippen molar-refractivity contribution in [2.24, 2.45) is 0 Å². The molecule has 1 heterocycles. The van der Waals surface area contributed by atoms with E-state index in [-0.39, 0.29) is 0 Å². The van der Waals surface area contributed by atoms with Crippen LogP contribution in [0, 0.1) is 0 Å². The minimum Gasteiger partial charge on any atom is -0.399 e.